The van der Waals surface area contributed by atoms with E-state index in [0.717, 1.165) is 25.7 Å². The Hall–Kier alpha value is -1.09. The van der Waals surface area contributed by atoms with E-state index in [9.17, 15) is 4.39 Å². The SMILES string of the molecule is CCNC(=NCC1(C)COC1)NCC(C)Oc1ccccc1F.I. The molecule has 2 rings (SSSR count). The van der Waals surface area contributed by atoms with Crippen LogP contribution in [-0.4, -0.2) is 44.9 Å². The number of nitrogens with one attached hydrogen (secondary N) is 2. The van der Waals surface area contributed by atoms with Gasteiger partial charge in [-0.3, -0.25) is 4.99 Å². The smallest absolute Gasteiger partial charge is 0.191 e. The van der Waals surface area contributed by atoms with Crippen LogP contribution < -0.4 is 15.4 Å². The number of aliphatic imine (C=N–C) groups is 1. The van der Waals surface area contributed by atoms with Crippen LogP contribution in [0.15, 0.2) is 29.3 Å². The molecular formula is C17H27FIN3O2. The van der Waals surface area contributed by atoms with Crippen LogP contribution in [0, 0.1) is 11.2 Å². The molecule has 0 saturated carbocycles. The van der Waals surface area contributed by atoms with Crippen molar-refractivity contribution in [3.8, 4) is 5.75 Å². The minimum absolute atomic E-state index is 0. The number of guanidine groups is 1. The van der Waals surface area contributed by atoms with E-state index in [1.54, 1.807) is 18.2 Å². The summed E-state index contributed by atoms with van der Waals surface area (Å²) in [5.74, 6) is 0.658. The monoisotopic (exact) mass is 451 g/mol. The lowest BCUT2D eigenvalue weighted by Crippen LogP contribution is -2.45. The van der Waals surface area contributed by atoms with Gasteiger partial charge < -0.3 is 20.1 Å². The molecule has 2 N–H and O–H groups in total. The largest absolute Gasteiger partial charge is 0.486 e. The van der Waals surface area contributed by atoms with E-state index in [0.29, 0.717) is 13.1 Å². The average molecular weight is 451 g/mol. The first-order valence-electron chi connectivity index (χ1n) is 8.03. The Kier molecular flexibility index (Phi) is 8.75. The molecule has 0 aromatic heterocycles. The van der Waals surface area contributed by atoms with Crippen LogP contribution in [0.5, 0.6) is 5.75 Å². The number of hydrogen-bond acceptors (Lipinski definition) is 3. The molecule has 1 unspecified atom stereocenters. The molecule has 1 aromatic rings. The Balaban J connectivity index is 0.00000288. The highest BCUT2D eigenvalue weighted by Crippen LogP contribution is 2.26. The first-order valence-corrected chi connectivity index (χ1v) is 8.03. The maximum Gasteiger partial charge on any atom is 0.191 e. The van der Waals surface area contributed by atoms with Gasteiger partial charge in [0.15, 0.2) is 17.5 Å². The number of halogens is 2. The van der Waals surface area contributed by atoms with E-state index in [1.165, 1.54) is 6.07 Å². The third kappa shape index (κ3) is 6.43. The summed E-state index contributed by atoms with van der Waals surface area (Å²) in [5, 5.41) is 6.43. The van der Waals surface area contributed by atoms with Gasteiger partial charge in [-0.2, -0.15) is 0 Å². The van der Waals surface area contributed by atoms with E-state index in [4.69, 9.17) is 9.47 Å². The second-order valence-corrected chi connectivity index (χ2v) is 6.24. The lowest BCUT2D eigenvalue weighted by Gasteiger charge is -2.36. The minimum Gasteiger partial charge on any atom is -0.486 e. The van der Waals surface area contributed by atoms with Gasteiger partial charge in [-0.25, -0.2) is 4.39 Å². The van der Waals surface area contributed by atoms with Crippen LogP contribution in [0.3, 0.4) is 0 Å². The third-order valence-corrected chi connectivity index (χ3v) is 3.59. The Bertz CT molecular complexity index is 538. The van der Waals surface area contributed by atoms with E-state index >= 15 is 0 Å². The predicted octanol–water partition coefficient (Wildman–Crippen LogP) is 2.80. The summed E-state index contributed by atoms with van der Waals surface area (Å²) in [6, 6.07) is 6.42. The molecule has 136 valence electrons. The van der Waals surface area contributed by atoms with Crippen LogP contribution in [0.25, 0.3) is 0 Å². The molecule has 0 amide bonds. The van der Waals surface area contributed by atoms with Gasteiger partial charge in [0.05, 0.1) is 26.3 Å². The molecule has 1 atom stereocenters. The number of para-hydroxylation sites is 1. The van der Waals surface area contributed by atoms with E-state index in [-0.39, 0.29) is 47.1 Å². The number of nitrogens with zero attached hydrogens (tertiary/aromatic N) is 1. The summed E-state index contributed by atoms with van der Waals surface area (Å²) < 4.78 is 24.4. The van der Waals surface area contributed by atoms with Crippen molar-refractivity contribution in [1.82, 2.24) is 10.6 Å². The fourth-order valence-corrected chi connectivity index (χ4v) is 2.19. The van der Waals surface area contributed by atoms with Crippen molar-refractivity contribution < 1.29 is 13.9 Å². The molecule has 1 aliphatic heterocycles. The van der Waals surface area contributed by atoms with E-state index < -0.39 is 0 Å². The van der Waals surface area contributed by atoms with Crippen LogP contribution >= 0.6 is 24.0 Å². The summed E-state index contributed by atoms with van der Waals surface area (Å²) in [5.41, 5.74) is 0.137. The molecule has 7 heteroatoms. The maximum absolute atomic E-state index is 13.6. The van der Waals surface area contributed by atoms with Gasteiger partial charge in [-0.15, -0.1) is 24.0 Å². The lowest BCUT2D eigenvalue weighted by molar-refractivity contribution is -0.0945. The van der Waals surface area contributed by atoms with Crippen molar-refractivity contribution >= 4 is 29.9 Å². The molecule has 0 aliphatic carbocycles. The highest BCUT2D eigenvalue weighted by Gasteiger charge is 2.33. The topological polar surface area (TPSA) is 54.9 Å². The molecule has 0 bridgehead atoms. The van der Waals surface area contributed by atoms with Gasteiger partial charge in [0, 0.05) is 12.0 Å². The second-order valence-electron chi connectivity index (χ2n) is 6.24. The van der Waals surface area contributed by atoms with Gasteiger partial charge in [-0.1, -0.05) is 19.1 Å². The van der Waals surface area contributed by atoms with E-state index in [1.807, 2.05) is 13.8 Å². The summed E-state index contributed by atoms with van der Waals surface area (Å²) >= 11 is 0. The first kappa shape index (κ1) is 21.0. The quantitative estimate of drug-likeness (QED) is 0.381. The van der Waals surface area contributed by atoms with E-state index in [2.05, 4.69) is 22.5 Å². The molecule has 24 heavy (non-hydrogen) atoms. The number of rotatable bonds is 7. The van der Waals surface area contributed by atoms with Crippen molar-refractivity contribution in [3.05, 3.63) is 30.1 Å². The lowest BCUT2D eigenvalue weighted by atomic mass is 9.89. The van der Waals surface area contributed by atoms with Crippen molar-refractivity contribution in [3.63, 3.8) is 0 Å². The number of benzene rings is 1. The highest BCUT2D eigenvalue weighted by atomic mass is 127. The Labute approximate surface area is 160 Å². The van der Waals surface area contributed by atoms with Gasteiger partial charge in [0.1, 0.15) is 6.10 Å². The van der Waals surface area contributed by atoms with Crippen molar-refractivity contribution in [2.75, 3.05) is 32.8 Å². The van der Waals surface area contributed by atoms with Crippen LogP contribution in [0.1, 0.15) is 20.8 Å². The Morgan fingerprint density at radius 3 is 2.67 bits per heavy atom. The molecule has 1 saturated heterocycles. The molecule has 1 fully saturated rings. The molecule has 0 spiro atoms. The fraction of sp³-hybridized carbons (Fsp3) is 0.588. The molecule has 1 aromatic carbocycles. The van der Waals surface area contributed by atoms with Gasteiger partial charge in [-0.05, 0) is 26.0 Å². The number of ether oxygens (including phenoxy) is 2. The van der Waals surface area contributed by atoms with Gasteiger partial charge in [0.2, 0.25) is 0 Å². The minimum atomic E-state index is -0.349. The van der Waals surface area contributed by atoms with Crippen molar-refractivity contribution in [2.24, 2.45) is 10.4 Å². The zero-order chi connectivity index (χ0) is 16.7. The zero-order valence-corrected chi connectivity index (χ0v) is 16.8. The van der Waals surface area contributed by atoms with Crippen LogP contribution in [-0.2, 0) is 4.74 Å². The zero-order valence-electron chi connectivity index (χ0n) is 14.5. The first-order chi connectivity index (χ1) is 11.0. The average Bonchev–Trinajstić information content (AvgIpc) is 2.50. The van der Waals surface area contributed by atoms with Gasteiger partial charge in [0.25, 0.3) is 0 Å². The summed E-state index contributed by atoms with van der Waals surface area (Å²) in [6.07, 6.45) is -0.182. The highest BCUT2D eigenvalue weighted by molar-refractivity contribution is 14.0. The summed E-state index contributed by atoms with van der Waals surface area (Å²) in [7, 11) is 0. The van der Waals surface area contributed by atoms with Crippen LogP contribution in [0.4, 0.5) is 4.39 Å². The number of hydrogen-bond donors (Lipinski definition) is 2. The molecular weight excluding hydrogens is 424 g/mol. The molecule has 1 aliphatic rings. The van der Waals surface area contributed by atoms with Crippen molar-refractivity contribution in [2.45, 2.75) is 26.9 Å². The fourth-order valence-electron chi connectivity index (χ4n) is 2.19. The van der Waals surface area contributed by atoms with Crippen LogP contribution in [0.2, 0.25) is 0 Å². The maximum atomic E-state index is 13.6. The molecule has 5 nitrogen and oxygen atoms in total. The van der Waals surface area contributed by atoms with Gasteiger partial charge >= 0.3 is 0 Å². The molecule has 0 radical (unpaired) electrons. The Morgan fingerprint density at radius 2 is 2.08 bits per heavy atom. The predicted molar refractivity (Wildman–Crippen MR) is 105 cm³/mol. The second kappa shape index (κ2) is 10.0. The summed E-state index contributed by atoms with van der Waals surface area (Å²) in [6.45, 7) is 9.60. The van der Waals surface area contributed by atoms with Crippen molar-refractivity contribution in [1.29, 1.82) is 0 Å². The summed E-state index contributed by atoms with van der Waals surface area (Å²) in [4.78, 5) is 4.59. The third-order valence-electron chi connectivity index (χ3n) is 3.59. The normalized spacial score (nSPS) is 17.2. The molecule has 1 heterocycles. The standard InChI is InChI=1S/C17H26FN3O2.HI/c1-4-19-16(21-10-17(3)11-22-12-17)20-9-13(2)23-15-8-6-5-7-14(15)18;/h5-8,13H,4,9-12H2,1-3H3,(H2,19,20,21);1H. The Morgan fingerprint density at radius 1 is 1.38 bits per heavy atom.